The van der Waals surface area contributed by atoms with Crippen LogP contribution in [0, 0.1) is 10.1 Å². The van der Waals surface area contributed by atoms with Crippen LogP contribution in [-0.2, 0) is 35.0 Å². The van der Waals surface area contributed by atoms with Crippen LogP contribution in [0.4, 0.5) is 5.69 Å². The Bertz CT molecular complexity index is 2240. The van der Waals surface area contributed by atoms with Crippen molar-refractivity contribution in [3.63, 3.8) is 0 Å². The van der Waals surface area contributed by atoms with E-state index in [1.54, 1.807) is 18.2 Å². The number of hydrogen-bond acceptors (Lipinski definition) is 5. The van der Waals surface area contributed by atoms with E-state index >= 15 is 0 Å². The number of hydrogen-bond donors (Lipinski definition) is 2. The van der Waals surface area contributed by atoms with Gasteiger partial charge in [-0.25, -0.2) is 17.9 Å². The number of carboxylic acids is 1. The molecule has 0 aliphatic rings. The van der Waals surface area contributed by atoms with Crippen molar-refractivity contribution >= 4 is 44.2 Å². The Kier molecular flexibility index (Phi) is 11.0. The van der Waals surface area contributed by atoms with Crippen LogP contribution in [0.1, 0.15) is 56.3 Å². The van der Waals surface area contributed by atoms with E-state index in [1.165, 1.54) is 18.2 Å². The summed E-state index contributed by atoms with van der Waals surface area (Å²) in [6.07, 6.45) is 2.49. The van der Waals surface area contributed by atoms with Crippen LogP contribution in [0.25, 0.3) is 10.9 Å². The van der Waals surface area contributed by atoms with Crippen LogP contribution in [0.5, 0.6) is 0 Å². The van der Waals surface area contributed by atoms with Gasteiger partial charge in [-0.3, -0.25) is 10.1 Å². The summed E-state index contributed by atoms with van der Waals surface area (Å²) in [4.78, 5) is 22.1. The van der Waals surface area contributed by atoms with Gasteiger partial charge in [0.2, 0.25) is 10.0 Å². The van der Waals surface area contributed by atoms with E-state index in [1.807, 2.05) is 66.7 Å². The number of aromatic carboxylic acids is 1. The number of sulfonamides is 1. The molecule has 0 aliphatic carbocycles. The smallest absolute Gasteiger partial charge is 0.335 e. The van der Waals surface area contributed by atoms with Crippen LogP contribution in [0.2, 0.25) is 5.02 Å². The summed E-state index contributed by atoms with van der Waals surface area (Å²) in [6, 6.07) is 38.5. The van der Waals surface area contributed by atoms with E-state index in [9.17, 15) is 28.4 Å². The van der Waals surface area contributed by atoms with Gasteiger partial charge in [0.15, 0.2) is 0 Å². The Labute approximate surface area is 301 Å². The second-order valence-electron chi connectivity index (χ2n) is 12.4. The zero-order valence-corrected chi connectivity index (χ0v) is 29.2. The Morgan fingerprint density at radius 1 is 0.804 bits per heavy atom. The molecule has 6 aromatic rings. The summed E-state index contributed by atoms with van der Waals surface area (Å²) in [5.41, 5.74) is 6.53. The molecule has 51 heavy (non-hydrogen) atoms. The number of aromatic nitrogens is 1. The van der Waals surface area contributed by atoms with E-state index in [2.05, 4.69) is 33.6 Å². The van der Waals surface area contributed by atoms with Crippen molar-refractivity contribution in [3.05, 3.63) is 182 Å². The molecule has 0 fully saturated rings. The fourth-order valence-electron chi connectivity index (χ4n) is 6.65. The largest absolute Gasteiger partial charge is 0.478 e. The molecule has 0 bridgehead atoms. The molecule has 2 N–H and O–H groups in total. The lowest BCUT2D eigenvalue weighted by atomic mass is 9.97. The third-order valence-corrected chi connectivity index (χ3v) is 10.5. The lowest BCUT2D eigenvalue weighted by Gasteiger charge is -2.25. The normalized spacial score (nSPS) is 11.6. The van der Waals surface area contributed by atoms with Crippen LogP contribution in [-0.4, -0.2) is 35.5 Å². The molecule has 0 saturated carbocycles. The van der Waals surface area contributed by atoms with E-state index in [4.69, 9.17) is 11.6 Å². The molecule has 5 aromatic carbocycles. The molecular weight excluding hydrogens is 686 g/mol. The number of carbonyl (C=O) groups is 1. The van der Waals surface area contributed by atoms with Gasteiger partial charge < -0.3 is 9.67 Å². The van der Waals surface area contributed by atoms with E-state index < -0.39 is 26.7 Å². The number of nitro benzene ring substituents is 1. The number of nitrogens with one attached hydrogen (secondary N) is 1. The summed E-state index contributed by atoms with van der Waals surface area (Å²) in [5, 5.41) is 22.1. The first-order valence-electron chi connectivity index (χ1n) is 16.5. The number of fused-ring (bicyclic) bond motifs is 1. The molecule has 1 aromatic heterocycles. The number of nitrogens with zero attached hydrogens (tertiary/aromatic N) is 2. The van der Waals surface area contributed by atoms with Crippen molar-refractivity contribution in [1.82, 2.24) is 9.29 Å². The van der Waals surface area contributed by atoms with Crippen molar-refractivity contribution in [2.45, 2.75) is 37.5 Å². The van der Waals surface area contributed by atoms with Gasteiger partial charge >= 0.3 is 5.97 Å². The van der Waals surface area contributed by atoms with Crippen LogP contribution in [0.3, 0.4) is 0 Å². The highest BCUT2D eigenvalue weighted by molar-refractivity contribution is 7.88. The first-order valence-corrected chi connectivity index (χ1v) is 18.6. The third-order valence-electron chi connectivity index (χ3n) is 8.93. The third kappa shape index (κ3) is 8.54. The maximum absolute atomic E-state index is 13.3. The second kappa shape index (κ2) is 15.7. The van der Waals surface area contributed by atoms with E-state index in [0.717, 1.165) is 45.3 Å². The fourth-order valence-corrected chi connectivity index (χ4v) is 7.96. The molecule has 0 atom stereocenters. The average molecular weight is 722 g/mol. The van der Waals surface area contributed by atoms with Gasteiger partial charge in [-0.1, -0.05) is 96.5 Å². The summed E-state index contributed by atoms with van der Waals surface area (Å²) in [5.74, 6) is -1.36. The maximum atomic E-state index is 13.3. The highest BCUT2D eigenvalue weighted by Gasteiger charge is 2.26. The summed E-state index contributed by atoms with van der Waals surface area (Å²) < 4.78 is 31.6. The Morgan fingerprint density at radius 2 is 1.47 bits per heavy atom. The topological polar surface area (TPSA) is 132 Å². The Hall–Kier alpha value is -5.29. The number of carboxylic acid groups (broad SMARTS) is 1. The molecule has 0 aliphatic heterocycles. The quantitative estimate of drug-likeness (QED) is 0.0809. The van der Waals surface area contributed by atoms with Crippen molar-refractivity contribution in [1.29, 1.82) is 0 Å². The molecule has 9 nitrogen and oxygen atoms in total. The van der Waals surface area contributed by atoms with Gasteiger partial charge in [-0.2, -0.15) is 0 Å². The number of nitro groups is 1. The summed E-state index contributed by atoms with van der Waals surface area (Å²) in [7, 11) is -3.84. The van der Waals surface area contributed by atoms with Gasteiger partial charge in [0.1, 0.15) is 0 Å². The predicted molar refractivity (Wildman–Crippen MR) is 200 cm³/mol. The number of halogens is 1. The predicted octanol–water partition coefficient (Wildman–Crippen LogP) is 8.38. The van der Waals surface area contributed by atoms with Gasteiger partial charge in [-0.05, 0) is 77.4 Å². The van der Waals surface area contributed by atoms with Crippen molar-refractivity contribution < 1.29 is 23.2 Å². The van der Waals surface area contributed by atoms with Crippen LogP contribution < -0.4 is 4.72 Å². The van der Waals surface area contributed by atoms with Gasteiger partial charge in [0.05, 0.1) is 22.3 Å². The minimum Gasteiger partial charge on any atom is -0.478 e. The minimum absolute atomic E-state index is 0.0985. The lowest BCUT2D eigenvalue weighted by molar-refractivity contribution is -0.384. The Morgan fingerprint density at radius 3 is 2.10 bits per heavy atom. The van der Waals surface area contributed by atoms with Crippen molar-refractivity contribution in [2.24, 2.45) is 0 Å². The zero-order chi connectivity index (χ0) is 36.0. The van der Waals surface area contributed by atoms with Gasteiger partial charge in [-0.15, -0.1) is 0 Å². The molecular formula is C40H36ClN3O6S. The summed E-state index contributed by atoms with van der Waals surface area (Å²) >= 11 is 6.62. The van der Waals surface area contributed by atoms with Gasteiger partial charge in [0, 0.05) is 46.7 Å². The monoisotopic (exact) mass is 721 g/mol. The summed E-state index contributed by atoms with van der Waals surface area (Å²) in [6.45, 7) is 0.0985. The molecule has 0 spiro atoms. The number of benzene rings is 5. The lowest BCUT2D eigenvalue weighted by Crippen LogP contribution is -2.28. The van der Waals surface area contributed by atoms with Gasteiger partial charge in [0.25, 0.3) is 5.69 Å². The molecule has 0 amide bonds. The SMILES string of the molecule is O=C(O)c1ccc(CCCc2c(CCNS(=O)(=O)Cc3cccc([N+](=O)[O-])c3)n(C(c3ccccc3)c3ccccc3)c3ccc(Cl)cc23)cc1. The molecule has 0 saturated heterocycles. The second-order valence-corrected chi connectivity index (χ2v) is 14.6. The fraction of sp³-hybridized carbons (Fsp3) is 0.175. The molecule has 0 unspecified atom stereocenters. The molecule has 11 heteroatoms. The van der Waals surface area contributed by atoms with E-state index in [-0.39, 0.29) is 23.8 Å². The van der Waals surface area contributed by atoms with Crippen LogP contribution in [0.15, 0.2) is 127 Å². The molecule has 260 valence electrons. The number of rotatable bonds is 15. The van der Waals surface area contributed by atoms with E-state index in [0.29, 0.717) is 29.8 Å². The first-order chi connectivity index (χ1) is 24.6. The number of non-ortho nitro benzene ring substituents is 1. The van der Waals surface area contributed by atoms with Crippen LogP contribution >= 0.6 is 11.6 Å². The molecule has 6 rings (SSSR count). The average Bonchev–Trinajstić information content (AvgIpc) is 3.40. The highest BCUT2D eigenvalue weighted by atomic mass is 35.5. The number of aryl methyl sites for hydroxylation is 2. The van der Waals surface area contributed by atoms with Crippen molar-refractivity contribution in [2.75, 3.05) is 6.54 Å². The minimum atomic E-state index is -3.84. The first kappa shape index (κ1) is 35.5. The maximum Gasteiger partial charge on any atom is 0.335 e. The van der Waals surface area contributed by atoms with Crippen molar-refractivity contribution in [3.8, 4) is 0 Å². The molecule has 1 heterocycles. The molecule has 0 radical (unpaired) electrons. The Balaban J connectivity index is 1.39. The standard InChI is InChI=1S/C40H36ClN3O6S/c41-33-21-22-37-36(26-33)35(16-8-9-28-17-19-32(20-18-28)40(45)46)38(23-24-42-51(49,50)27-29-10-7-15-34(25-29)44(47)48)43(37)39(30-11-3-1-4-12-30)31-13-5-2-6-14-31/h1-7,10-15,17-22,25-26,39,42H,8-9,16,23-24,27H2,(H,45,46). The zero-order valence-electron chi connectivity index (χ0n) is 27.6. The highest BCUT2D eigenvalue weighted by Crippen LogP contribution is 2.38.